The van der Waals surface area contributed by atoms with Crippen molar-refractivity contribution in [2.75, 3.05) is 5.32 Å². The quantitative estimate of drug-likeness (QED) is 0.702. The molecule has 0 bridgehead atoms. The van der Waals surface area contributed by atoms with Crippen LogP contribution in [0.1, 0.15) is 29.6 Å². The van der Waals surface area contributed by atoms with Crippen molar-refractivity contribution in [2.24, 2.45) is 0 Å². The number of hydrogen-bond acceptors (Lipinski definition) is 4. The molecule has 1 amide bonds. The first-order valence-corrected chi connectivity index (χ1v) is 7.99. The summed E-state index contributed by atoms with van der Waals surface area (Å²) in [6.45, 7) is 0. The minimum atomic E-state index is -0.334. The Morgan fingerprint density at radius 1 is 1.00 bits per heavy atom. The van der Waals surface area contributed by atoms with Crippen LogP contribution in [0.4, 0.5) is 5.69 Å². The van der Waals surface area contributed by atoms with Crippen molar-refractivity contribution in [3.8, 4) is 0 Å². The van der Waals surface area contributed by atoms with E-state index in [4.69, 9.17) is 0 Å². The molecule has 0 fully saturated rings. The summed E-state index contributed by atoms with van der Waals surface area (Å²) in [5, 5.41) is 2.57. The van der Waals surface area contributed by atoms with Gasteiger partial charge in [0.2, 0.25) is 5.91 Å². The lowest BCUT2D eigenvalue weighted by Gasteiger charge is -2.06. The van der Waals surface area contributed by atoms with Gasteiger partial charge in [0.25, 0.3) is 5.56 Å². The lowest BCUT2D eigenvalue weighted by molar-refractivity contribution is -0.116. The Kier molecular flexibility index (Phi) is 4.99. The summed E-state index contributed by atoms with van der Waals surface area (Å²) in [7, 11) is 0. The van der Waals surface area contributed by atoms with E-state index in [1.54, 1.807) is 48.7 Å². The molecule has 0 saturated heterocycles. The predicted octanol–water partition coefficient (Wildman–Crippen LogP) is 2.69. The van der Waals surface area contributed by atoms with Crippen molar-refractivity contribution in [3.05, 3.63) is 76.8 Å². The van der Waals surface area contributed by atoms with Gasteiger partial charge in [0.1, 0.15) is 11.3 Å². The van der Waals surface area contributed by atoms with Gasteiger partial charge in [-0.1, -0.05) is 36.4 Å². The Balaban J connectivity index is 1.57. The lowest BCUT2D eigenvalue weighted by atomic mass is 10.1. The zero-order valence-electron chi connectivity index (χ0n) is 13.5. The van der Waals surface area contributed by atoms with Gasteiger partial charge in [-0.3, -0.25) is 18.8 Å². The summed E-state index contributed by atoms with van der Waals surface area (Å²) in [6.07, 6.45) is 3.81. The predicted molar refractivity (Wildman–Crippen MR) is 94.7 cm³/mol. The average molecular weight is 335 g/mol. The third kappa shape index (κ3) is 3.98. The molecule has 0 unspecified atom stereocenters. The minimum Gasteiger partial charge on any atom is -0.320 e. The van der Waals surface area contributed by atoms with Crippen LogP contribution in [0.3, 0.4) is 0 Å². The number of aromatic nitrogens is 2. The molecule has 0 aliphatic carbocycles. The van der Waals surface area contributed by atoms with Gasteiger partial charge in [0.15, 0.2) is 5.78 Å². The normalized spacial score (nSPS) is 10.6. The molecule has 0 aliphatic rings. The van der Waals surface area contributed by atoms with Crippen molar-refractivity contribution < 1.29 is 9.59 Å². The molecule has 6 heteroatoms. The van der Waals surface area contributed by atoms with Crippen LogP contribution < -0.4 is 10.9 Å². The van der Waals surface area contributed by atoms with Crippen LogP contribution >= 0.6 is 0 Å². The van der Waals surface area contributed by atoms with Crippen LogP contribution in [0.5, 0.6) is 0 Å². The molecule has 0 radical (unpaired) electrons. The first kappa shape index (κ1) is 16.6. The average Bonchev–Trinajstić information content (AvgIpc) is 2.65. The van der Waals surface area contributed by atoms with Gasteiger partial charge in [-0.15, -0.1) is 0 Å². The molecule has 2 aromatic heterocycles. The van der Waals surface area contributed by atoms with Gasteiger partial charge in [0, 0.05) is 24.6 Å². The van der Waals surface area contributed by atoms with Crippen molar-refractivity contribution in [3.63, 3.8) is 0 Å². The van der Waals surface area contributed by atoms with Gasteiger partial charge < -0.3 is 5.32 Å². The van der Waals surface area contributed by atoms with Crippen LogP contribution in [-0.2, 0) is 4.79 Å². The molecule has 0 atom stereocenters. The molecule has 3 aromatic rings. The van der Waals surface area contributed by atoms with Crippen molar-refractivity contribution in [1.82, 2.24) is 9.38 Å². The summed E-state index contributed by atoms with van der Waals surface area (Å²) in [5.41, 5.74) is 0.946. The molecule has 25 heavy (non-hydrogen) atoms. The van der Waals surface area contributed by atoms with Gasteiger partial charge >= 0.3 is 0 Å². The minimum absolute atomic E-state index is 0.000779. The van der Waals surface area contributed by atoms with E-state index in [-0.39, 0.29) is 35.8 Å². The molecule has 1 N–H and O–H groups in total. The number of rotatable bonds is 6. The molecule has 0 saturated carbocycles. The third-order valence-electron chi connectivity index (χ3n) is 3.79. The summed E-state index contributed by atoms with van der Waals surface area (Å²) < 4.78 is 1.37. The fourth-order valence-electron chi connectivity index (χ4n) is 2.50. The van der Waals surface area contributed by atoms with Crippen LogP contribution in [0.25, 0.3) is 5.65 Å². The van der Waals surface area contributed by atoms with E-state index in [0.717, 1.165) is 0 Å². The maximum Gasteiger partial charge on any atom is 0.281 e. The number of carbonyl (C=O) groups excluding carboxylic acids is 2. The van der Waals surface area contributed by atoms with Crippen LogP contribution in [-0.4, -0.2) is 21.1 Å². The number of amides is 1. The first-order chi connectivity index (χ1) is 12.1. The van der Waals surface area contributed by atoms with E-state index in [0.29, 0.717) is 17.6 Å². The van der Waals surface area contributed by atoms with E-state index in [2.05, 4.69) is 10.3 Å². The Labute approximate surface area is 144 Å². The maximum atomic E-state index is 12.3. The number of carbonyl (C=O) groups is 2. The highest BCUT2D eigenvalue weighted by molar-refractivity contribution is 5.96. The number of fused-ring (bicyclic) bond motifs is 1. The molecule has 126 valence electrons. The Bertz CT molecular complexity index is 964. The van der Waals surface area contributed by atoms with E-state index in [9.17, 15) is 14.4 Å². The van der Waals surface area contributed by atoms with Crippen LogP contribution in [0, 0.1) is 0 Å². The van der Waals surface area contributed by atoms with E-state index < -0.39 is 0 Å². The number of benzene rings is 1. The number of nitrogens with zero attached hydrogens (tertiary/aromatic N) is 2. The maximum absolute atomic E-state index is 12.3. The number of nitrogens with one attached hydrogen (secondary N) is 1. The highest BCUT2D eigenvalue weighted by atomic mass is 16.2. The molecule has 1 aromatic carbocycles. The van der Waals surface area contributed by atoms with Gasteiger partial charge in [-0.25, -0.2) is 4.98 Å². The van der Waals surface area contributed by atoms with Crippen molar-refractivity contribution >= 4 is 23.0 Å². The highest BCUT2D eigenvalue weighted by Gasteiger charge is 2.10. The lowest BCUT2D eigenvalue weighted by Crippen LogP contribution is -2.23. The van der Waals surface area contributed by atoms with Gasteiger partial charge in [-0.05, 0) is 18.6 Å². The summed E-state index contributed by atoms with van der Waals surface area (Å²) >= 11 is 0. The number of pyridine rings is 1. The number of anilines is 1. The SMILES string of the molecule is O=C(CCCC(=O)c1ccccc1)Nc1cnc2ccccn2c1=O. The Morgan fingerprint density at radius 2 is 1.76 bits per heavy atom. The second-order valence-electron chi connectivity index (χ2n) is 5.60. The Morgan fingerprint density at radius 3 is 2.56 bits per heavy atom. The molecular weight excluding hydrogens is 318 g/mol. The molecule has 3 rings (SSSR count). The fourth-order valence-corrected chi connectivity index (χ4v) is 2.50. The van der Waals surface area contributed by atoms with E-state index in [1.165, 1.54) is 10.6 Å². The van der Waals surface area contributed by atoms with E-state index in [1.807, 2.05) is 6.07 Å². The molecule has 0 spiro atoms. The molecule has 0 aliphatic heterocycles. The molecule has 6 nitrogen and oxygen atoms in total. The number of ketones is 1. The second-order valence-corrected chi connectivity index (χ2v) is 5.60. The van der Waals surface area contributed by atoms with Crippen molar-refractivity contribution in [2.45, 2.75) is 19.3 Å². The fraction of sp³-hybridized carbons (Fsp3) is 0.158. The number of Topliss-reactive ketones (excluding diaryl/α,β-unsaturated/α-hetero) is 1. The third-order valence-corrected chi connectivity index (χ3v) is 3.79. The van der Waals surface area contributed by atoms with Crippen molar-refractivity contribution in [1.29, 1.82) is 0 Å². The zero-order chi connectivity index (χ0) is 17.6. The standard InChI is InChI=1S/C19H17N3O3/c23-16(14-7-2-1-3-8-14)9-6-11-18(24)21-15-13-20-17-10-4-5-12-22(17)19(15)25/h1-5,7-8,10,12-13H,6,9,11H2,(H,21,24). The molecular formula is C19H17N3O3. The summed E-state index contributed by atoms with van der Waals surface area (Å²) in [6, 6.07) is 14.2. The van der Waals surface area contributed by atoms with Crippen LogP contribution in [0.2, 0.25) is 0 Å². The van der Waals surface area contributed by atoms with Gasteiger partial charge in [-0.2, -0.15) is 0 Å². The second kappa shape index (κ2) is 7.53. The number of hydrogen-bond donors (Lipinski definition) is 1. The largest absolute Gasteiger partial charge is 0.320 e. The zero-order valence-corrected chi connectivity index (χ0v) is 13.5. The van der Waals surface area contributed by atoms with Gasteiger partial charge in [0.05, 0.1) is 6.20 Å². The first-order valence-electron chi connectivity index (χ1n) is 7.99. The van der Waals surface area contributed by atoms with E-state index >= 15 is 0 Å². The Hall–Kier alpha value is -3.28. The topological polar surface area (TPSA) is 80.5 Å². The van der Waals surface area contributed by atoms with Crippen LogP contribution in [0.15, 0.2) is 65.7 Å². The highest BCUT2D eigenvalue weighted by Crippen LogP contribution is 2.08. The summed E-state index contributed by atoms with van der Waals surface area (Å²) in [5.74, 6) is -0.309. The summed E-state index contributed by atoms with van der Waals surface area (Å²) in [4.78, 5) is 40.4. The smallest absolute Gasteiger partial charge is 0.281 e. The molecule has 2 heterocycles. The monoisotopic (exact) mass is 335 g/mol.